The van der Waals surface area contributed by atoms with E-state index in [4.69, 9.17) is 4.74 Å². The van der Waals surface area contributed by atoms with Crippen molar-refractivity contribution in [3.8, 4) is 5.75 Å². The molecule has 194 valence electrons. The van der Waals surface area contributed by atoms with Crippen LogP contribution in [0.1, 0.15) is 104 Å². The first-order chi connectivity index (χ1) is 17.1. The minimum absolute atomic E-state index is 0.148. The van der Waals surface area contributed by atoms with Crippen LogP contribution >= 0.6 is 0 Å². The van der Waals surface area contributed by atoms with Gasteiger partial charge < -0.3 is 4.74 Å². The standard InChI is InChI=1S/C34H46O2/c1-8-32(5,9-2)25-26-17-19-28(20-18-26)34(7,27-15-13-12-14-16-27)29-21-23-30(24-22-29)36-31(35)33(6,10-3)11-4/h12-13,15,17-24H,8-11,14,16,25H2,1-7H3. The zero-order valence-electron chi connectivity index (χ0n) is 23.6. The number of benzene rings is 2. The third-order valence-corrected chi connectivity index (χ3v) is 9.22. The predicted molar refractivity (Wildman–Crippen MR) is 153 cm³/mol. The van der Waals surface area contributed by atoms with Crippen molar-refractivity contribution < 1.29 is 9.53 Å². The fraction of sp³-hybridized carbons (Fsp3) is 0.500. The van der Waals surface area contributed by atoms with Gasteiger partial charge in [-0.15, -0.1) is 0 Å². The third kappa shape index (κ3) is 5.85. The van der Waals surface area contributed by atoms with Crippen LogP contribution in [0.5, 0.6) is 5.75 Å². The van der Waals surface area contributed by atoms with Crippen molar-refractivity contribution in [3.05, 3.63) is 89.0 Å². The Morgan fingerprint density at radius 1 is 0.806 bits per heavy atom. The van der Waals surface area contributed by atoms with E-state index in [9.17, 15) is 4.79 Å². The van der Waals surface area contributed by atoms with E-state index in [1.807, 2.05) is 32.9 Å². The molecule has 0 fully saturated rings. The lowest BCUT2D eigenvalue weighted by atomic mass is 9.68. The molecule has 2 aromatic rings. The molecule has 0 saturated carbocycles. The lowest BCUT2D eigenvalue weighted by Gasteiger charge is -2.35. The molecule has 2 heteroatoms. The molecule has 1 aliphatic rings. The smallest absolute Gasteiger partial charge is 0.317 e. The highest BCUT2D eigenvalue weighted by Gasteiger charge is 2.34. The highest BCUT2D eigenvalue weighted by Crippen LogP contribution is 2.43. The van der Waals surface area contributed by atoms with Crippen LogP contribution in [0.2, 0.25) is 0 Å². The second kappa shape index (κ2) is 11.6. The van der Waals surface area contributed by atoms with Gasteiger partial charge in [-0.1, -0.05) is 108 Å². The van der Waals surface area contributed by atoms with Crippen LogP contribution in [0.25, 0.3) is 0 Å². The molecule has 1 atom stereocenters. The van der Waals surface area contributed by atoms with Gasteiger partial charge in [-0.3, -0.25) is 4.79 Å². The Bertz CT molecular complexity index is 1060. The normalized spacial score (nSPS) is 15.8. The third-order valence-electron chi connectivity index (χ3n) is 9.22. The molecule has 0 N–H and O–H groups in total. The molecule has 0 spiro atoms. The molecule has 1 unspecified atom stereocenters. The zero-order valence-corrected chi connectivity index (χ0v) is 23.6. The lowest BCUT2D eigenvalue weighted by Crippen LogP contribution is -2.31. The number of hydrogen-bond donors (Lipinski definition) is 0. The molecular weight excluding hydrogens is 440 g/mol. The number of rotatable bonds is 11. The van der Waals surface area contributed by atoms with Gasteiger partial charge in [-0.25, -0.2) is 0 Å². The average Bonchev–Trinajstić information content (AvgIpc) is 2.93. The first-order valence-electron chi connectivity index (χ1n) is 13.9. The van der Waals surface area contributed by atoms with Crippen LogP contribution in [0, 0.1) is 10.8 Å². The maximum Gasteiger partial charge on any atom is 0.317 e. The fourth-order valence-electron chi connectivity index (χ4n) is 5.13. The number of ether oxygens (including phenoxy) is 1. The van der Waals surface area contributed by atoms with Crippen LogP contribution in [-0.4, -0.2) is 5.97 Å². The molecule has 1 aliphatic carbocycles. The van der Waals surface area contributed by atoms with Gasteiger partial charge in [0.05, 0.1) is 5.41 Å². The molecule has 0 aliphatic heterocycles. The molecule has 36 heavy (non-hydrogen) atoms. The van der Waals surface area contributed by atoms with Gasteiger partial charge in [-0.2, -0.15) is 0 Å². The number of hydrogen-bond acceptors (Lipinski definition) is 2. The van der Waals surface area contributed by atoms with E-state index in [-0.39, 0.29) is 11.4 Å². The van der Waals surface area contributed by atoms with E-state index in [2.05, 4.69) is 82.3 Å². The number of esters is 1. The first kappa shape index (κ1) is 28.0. The Morgan fingerprint density at radius 3 is 1.83 bits per heavy atom. The topological polar surface area (TPSA) is 26.3 Å². The van der Waals surface area contributed by atoms with E-state index in [1.165, 1.54) is 35.1 Å². The van der Waals surface area contributed by atoms with Crippen molar-refractivity contribution >= 4 is 5.97 Å². The molecule has 0 aromatic heterocycles. The van der Waals surface area contributed by atoms with E-state index >= 15 is 0 Å². The number of allylic oxidation sites excluding steroid dienone is 4. The minimum atomic E-state index is -0.445. The molecular formula is C34H46O2. The monoisotopic (exact) mass is 486 g/mol. The lowest BCUT2D eigenvalue weighted by molar-refractivity contribution is -0.145. The summed E-state index contributed by atoms with van der Waals surface area (Å²) in [5.41, 5.74) is 5.00. The van der Waals surface area contributed by atoms with Gasteiger partial charge in [0, 0.05) is 5.41 Å². The molecule has 2 aromatic carbocycles. The molecule has 0 amide bonds. The summed E-state index contributed by atoms with van der Waals surface area (Å²) in [6.07, 6.45) is 13.8. The number of carbonyl (C=O) groups excluding carboxylic acids is 1. The van der Waals surface area contributed by atoms with Gasteiger partial charge in [0.25, 0.3) is 0 Å². The summed E-state index contributed by atoms with van der Waals surface area (Å²) in [4.78, 5) is 12.8. The van der Waals surface area contributed by atoms with E-state index in [0.29, 0.717) is 11.2 Å². The minimum Gasteiger partial charge on any atom is -0.426 e. The first-order valence-corrected chi connectivity index (χ1v) is 13.9. The summed E-state index contributed by atoms with van der Waals surface area (Å²) in [5.74, 6) is 0.468. The summed E-state index contributed by atoms with van der Waals surface area (Å²) in [6.45, 7) is 15.4. The number of carbonyl (C=O) groups is 1. The average molecular weight is 487 g/mol. The largest absolute Gasteiger partial charge is 0.426 e. The van der Waals surface area contributed by atoms with Crippen LogP contribution in [0.15, 0.2) is 72.3 Å². The van der Waals surface area contributed by atoms with Crippen molar-refractivity contribution in [2.75, 3.05) is 0 Å². The van der Waals surface area contributed by atoms with E-state index < -0.39 is 5.41 Å². The van der Waals surface area contributed by atoms with Crippen molar-refractivity contribution in [3.63, 3.8) is 0 Å². The Hall–Kier alpha value is -2.61. The zero-order chi connectivity index (χ0) is 26.4. The van der Waals surface area contributed by atoms with Crippen molar-refractivity contribution in [2.24, 2.45) is 10.8 Å². The predicted octanol–water partition coefficient (Wildman–Crippen LogP) is 9.37. The maximum atomic E-state index is 12.8. The van der Waals surface area contributed by atoms with Crippen molar-refractivity contribution in [1.82, 2.24) is 0 Å². The van der Waals surface area contributed by atoms with Crippen LogP contribution in [0.3, 0.4) is 0 Å². The molecule has 2 nitrogen and oxygen atoms in total. The Morgan fingerprint density at radius 2 is 1.36 bits per heavy atom. The second-order valence-electron chi connectivity index (χ2n) is 11.4. The SMILES string of the molecule is CCC(C)(CC)Cc1ccc(C(C)(C2=CC=CCC2)c2ccc(OC(=O)C(C)(CC)CC)cc2)cc1. The summed E-state index contributed by atoms with van der Waals surface area (Å²) >= 11 is 0. The summed E-state index contributed by atoms with van der Waals surface area (Å²) in [5, 5.41) is 0. The van der Waals surface area contributed by atoms with Crippen LogP contribution in [-0.2, 0) is 16.6 Å². The fourth-order valence-corrected chi connectivity index (χ4v) is 5.13. The maximum absolute atomic E-state index is 12.8. The molecule has 0 bridgehead atoms. The second-order valence-corrected chi connectivity index (χ2v) is 11.4. The van der Waals surface area contributed by atoms with Crippen LogP contribution in [0.4, 0.5) is 0 Å². The van der Waals surface area contributed by atoms with Crippen LogP contribution < -0.4 is 4.74 Å². The Kier molecular flexibility index (Phi) is 9.03. The highest BCUT2D eigenvalue weighted by molar-refractivity contribution is 5.78. The van der Waals surface area contributed by atoms with Gasteiger partial charge in [0.2, 0.25) is 0 Å². The molecule has 0 saturated heterocycles. The van der Waals surface area contributed by atoms with Crippen molar-refractivity contribution in [2.45, 2.75) is 98.8 Å². The summed E-state index contributed by atoms with van der Waals surface area (Å²) in [7, 11) is 0. The highest BCUT2D eigenvalue weighted by atomic mass is 16.5. The molecule has 0 radical (unpaired) electrons. The van der Waals surface area contributed by atoms with Gasteiger partial charge in [-0.05, 0) is 80.2 Å². The Balaban J connectivity index is 1.94. The Labute approximate surface area is 219 Å². The quantitative estimate of drug-likeness (QED) is 0.233. The molecule has 3 rings (SSSR count). The van der Waals surface area contributed by atoms with Gasteiger partial charge in [0.1, 0.15) is 5.75 Å². The van der Waals surface area contributed by atoms with Crippen molar-refractivity contribution in [1.29, 1.82) is 0 Å². The van der Waals surface area contributed by atoms with Gasteiger partial charge in [0.15, 0.2) is 0 Å². The van der Waals surface area contributed by atoms with Gasteiger partial charge >= 0.3 is 5.97 Å². The summed E-state index contributed by atoms with van der Waals surface area (Å²) < 4.78 is 5.80. The van der Waals surface area contributed by atoms with E-state index in [1.54, 1.807) is 0 Å². The molecule has 0 heterocycles. The van der Waals surface area contributed by atoms with E-state index in [0.717, 1.165) is 32.1 Å². The summed E-state index contributed by atoms with van der Waals surface area (Å²) in [6, 6.07) is 17.5.